The molecule has 0 bridgehead atoms. The fourth-order valence-electron chi connectivity index (χ4n) is 2.39. The minimum absolute atomic E-state index is 0.255. The predicted molar refractivity (Wildman–Crippen MR) is 82.7 cm³/mol. The molecule has 4 rings (SSSR count). The minimum atomic E-state index is -0.255. The van der Waals surface area contributed by atoms with E-state index in [9.17, 15) is 4.79 Å². The van der Waals surface area contributed by atoms with Crippen LogP contribution in [0.25, 0.3) is 17.0 Å². The van der Waals surface area contributed by atoms with Crippen molar-refractivity contribution in [2.24, 2.45) is 0 Å². The van der Waals surface area contributed by atoms with Crippen molar-refractivity contribution in [3.63, 3.8) is 0 Å². The standard InChI is InChI=1S/C16H13N5O2/c22-16(13-8-12(19-20-13)15-5-3-7-23-15)17-9-11-10-18-21-6-2-1-4-14(11)21/h1-8,10H,9H2,(H,17,22)(H,19,20). The number of aromatic amines is 1. The van der Waals surface area contributed by atoms with Gasteiger partial charge in [0.2, 0.25) is 0 Å². The Hall–Kier alpha value is -3.35. The first-order chi connectivity index (χ1) is 11.3. The third kappa shape index (κ3) is 2.48. The Bertz CT molecular complexity index is 952. The van der Waals surface area contributed by atoms with E-state index in [1.54, 1.807) is 35.2 Å². The Morgan fingerprint density at radius 3 is 3.13 bits per heavy atom. The van der Waals surface area contributed by atoms with E-state index in [0.29, 0.717) is 23.7 Å². The topological polar surface area (TPSA) is 88.2 Å². The van der Waals surface area contributed by atoms with E-state index in [2.05, 4.69) is 20.6 Å². The summed E-state index contributed by atoms with van der Waals surface area (Å²) in [5.41, 5.74) is 2.89. The summed E-state index contributed by atoms with van der Waals surface area (Å²) in [4.78, 5) is 12.2. The van der Waals surface area contributed by atoms with Crippen LogP contribution in [0.1, 0.15) is 16.1 Å². The number of nitrogens with zero attached hydrogens (tertiary/aromatic N) is 3. The van der Waals surface area contributed by atoms with Gasteiger partial charge in [-0.3, -0.25) is 9.89 Å². The van der Waals surface area contributed by atoms with Crippen molar-refractivity contribution in [3.05, 3.63) is 66.3 Å². The molecule has 0 atom stereocenters. The average molecular weight is 307 g/mol. The third-order valence-corrected chi connectivity index (χ3v) is 3.54. The zero-order chi connectivity index (χ0) is 15.6. The highest BCUT2D eigenvalue weighted by molar-refractivity contribution is 5.93. The average Bonchev–Trinajstić information content (AvgIpc) is 3.31. The number of nitrogens with one attached hydrogen (secondary N) is 2. The van der Waals surface area contributed by atoms with Crippen molar-refractivity contribution in [3.8, 4) is 11.5 Å². The molecule has 0 aliphatic carbocycles. The number of amides is 1. The molecule has 114 valence electrons. The van der Waals surface area contributed by atoms with Crippen LogP contribution in [0, 0.1) is 0 Å². The predicted octanol–water partition coefficient (Wildman–Crippen LogP) is 2.25. The summed E-state index contributed by atoms with van der Waals surface area (Å²) < 4.78 is 7.03. The molecule has 23 heavy (non-hydrogen) atoms. The van der Waals surface area contributed by atoms with Gasteiger partial charge in [0.15, 0.2) is 11.5 Å². The van der Waals surface area contributed by atoms with Crippen LogP contribution in [-0.4, -0.2) is 25.7 Å². The van der Waals surface area contributed by atoms with Gasteiger partial charge >= 0.3 is 0 Å². The molecule has 0 saturated carbocycles. The Morgan fingerprint density at radius 2 is 2.26 bits per heavy atom. The lowest BCUT2D eigenvalue weighted by atomic mass is 10.2. The number of hydrogen-bond donors (Lipinski definition) is 2. The van der Waals surface area contributed by atoms with Gasteiger partial charge in [0.05, 0.1) is 18.0 Å². The van der Waals surface area contributed by atoms with Crippen molar-refractivity contribution in [1.82, 2.24) is 25.1 Å². The van der Waals surface area contributed by atoms with E-state index < -0.39 is 0 Å². The second-order valence-electron chi connectivity index (χ2n) is 5.03. The molecule has 4 heterocycles. The fraction of sp³-hybridized carbons (Fsp3) is 0.0625. The molecule has 0 saturated heterocycles. The molecule has 4 aromatic rings. The lowest BCUT2D eigenvalue weighted by Crippen LogP contribution is -2.23. The van der Waals surface area contributed by atoms with E-state index in [-0.39, 0.29) is 5.91 Å². The SMILES string of the molecule is O=C(NCc1cnn2ccccc12)c1cc(-c2ccco2)[nH]n1. The molecule has 0 aliphatic rings. The van der Waals surface area contributed by atoms with Gasteiger partial charge in [0.25, 0.3) is 5.91 Å². The smallest absolute Gasteiger partial charge is 0.272 e. The quantitative estimate of drug-likeness (QED) is 0.605. The molecule has 0 spiro atoms. The van der Waals surface area contributed by atoms with Crippen LogP contribution < -0.4 is 5.32 Å². The van der Waals surface area contributed by atoms with Gasteiger partial charge in [-0.15, -0.1) is 0 Å². The Balaban J connectivity index is 1.48. The number of fused-ring (bicyclic) bond motifs is 1. The highest BCUT2D eigenvalue weighted by atomic mass is 16.3. The maximum Gasteiger partial charge on any atom is 0.272 e. The van der Waals surface area contributed by atoms with E-state index in [1.807, 2.05) is 24.4 Å². The lowest BCUT2D eigenvalue weighted by Gasteiger charge is -2.01. The van der Waals surface area contributed by atoms with Crippen LogP contribution in [0.4, 0.5) is 0 Å². The first-order valence-corrected chi connectivity index (χ1v) is 7.10. The summed E-state index contributed by atoms with van der Waals surface area (Å²) in [5.74, 6) is 0.383. The number of carbonyl (C=O) groups excluding carboxylic acids is 1. The highest BCUT2D eigenvalue weighted by Crippen LogP contribution is 2.17. The molecular weight excluding hydrogens is 294 g/mol. The number of aromatic nitrogens is 4. The largest absolute Gasteiger partial charge is 0.463 e. The van der Waals surface area contributed by atoms with Gasteiger partial charge in [-0.1, -0.05) is 6.07 Å². The molecule has 7 heteroatoms. The van der Waals surface area contributed by atoms with E-state index in [4.69, 9.17) is 4.42 Å². The first-order valence-electron chi connectivity index (χ1n) is 7.10. The third-order valence-electron chi connectivity index (χ3n) is 3.54. The zero-order valence-electron chi connectivity index (χ0n) is 12.1. The van der Waals surface area contributed by atoms with Crippen molar-refractivity contribution in [1.29, 1.82) is 0 Å². The molecule has 7 nitrogen and oxygen atoms in total. The van der Waals surface area contributed by atoms with Gasteiger partial charge < -0.3 is 9.73 Å². The van der Waals surface area contributed by atoms with Crippen molar-refractivity contribution >= 4 is 11.4 Å². The van der Waals surface area contributed by atoms with Gasteiger partial charge in [-0.2, -0.15) is 10.2 Å². The molecular formula is C16H13N5O2. The van der Waals surface area contributed by atoms with Crippen molar-refractivity contribution in [2.75, 3.05) is 0 Å². The molecule has 2 N–H and O–H groups in total. The number of pyridine rings is 1. The molecule has 0 unspecified atom stereocenters. The van der Waals surface area contributed by atoms with Gasteiger partial charge in [0, 0.05) is 24.4 Å². The highest BCUT2D eigenvalue weighted by Gasteiger charge is 2.13. The summed E-state index contributed by atoms with van der Waals surface area (Å²) in [5, 5.41) is 13.9. The number of furan rings is 1. The normalized spacial score (nSPS) is 11.0. The number of hydrogen-bond acceptors (Lipinski definition) is 4. The first kappa shape index (κ1) is 13.3. The van der Waals surface area contributed by atoms with Crippen LogP contribution in [0.2, 0.25) is 0 Å². The number of carbonyl (C=O) groups is 1. The molecule has 0 radical (unpaired) electrons. The monoisotopic (exact) mass is 307 g/mol. The Labute approximate surface area is 130 Å². The summed E-state index contributed by atoms with van der Waals surface area (Å²) in [7, 11) is 0. The van der Waals surface area contributed by atoms with Gasteiger partial charge in [-0.05, 0) is 24.3 Å². The van der Waals surface area contributed by atoms with Crippen molar-refractivity contribution in [2.45, 2.75) is 6.54 Å². The lowest BCUT2D eigenvalue weighted by molar-refractivity contribution is 0.0946. The molecule has 0 aromatic carbocycles. The molecule has 4 aromatic heterocycles. The van der Waals surface area contributed by atoms with Crippen LogP contribution in [0.15, 0.2) is 59.5 Å². The summed E-state index contributed by atoms with van der Waals surface area (Å²) in [6, 6.07) is 11.0. The number of H-pyrrole nitrogens is 1. The second kappa shape index (κ2) is 5.45. The van der Waals surface area contributed by atoms with Crippen LogP contribution >= 0.6 is 0 Å². The Morgan fingerprint density at radius 1 is 1.30 bits per heavy atom. The van der Waals surface area contributed by atoms with Crippen LogP contribution in [0.5, 0.6) is 0 Å². The molecule has 0 aliphatic heterocycles. The maximum atomic E-state index is 12.2. The van der Waals surface area contributed by atoms with E-state index in [0.717, 1.165) is 11.1 Å². The summed E-state index contributed by atoms with van der Waals surface area (Å²) in [6.07, 6.45) is 5.18. The fourth-order valence-corrected chi connectivity index (χ4v) is 2.39. The summed E-state index contributed by atoms with van der Waals surface area (Å²) in [6.45, 7) is 0.384. The minimum Gasteiger partial charge on any atom is -0.463 e. The van der Waals surface area contributed by atoms with Gasteiger partial charge in [-0.25, -0.2) is 4.52 Å². The van der Waals surface area contributed by atoms with E-state index in [1.165, 1.54) is 0 Å². The maximum absolute atomic E-state index is 12.2. The van der Waals surface area contributed by atoms with Crippen LogP contribution in [-0.2, 0) is 6.54 Å². The molecule has 0 fully saturated rings. The van der Waals surface area contributed by atoms with Crippen molar-refractivity contribution < 1.29 is 9.21 Å². The zero-order valence-corrected chi connectivity index (χ0v) is 12.1. The second-order valence-corrected chi connectivity index (χ2v) is 5.03. The molecule has 1 amide bonds. The summed E-state index contributed by atoms with van der Waals surface area (Å²) >= 11 is 0. The van der Waals surface area contributed by atoms with Crippen LogP contribution in [0.3, 0.4) is 0 Å². The Kier molecular flexibility index (Phi) is 3.16. The number of rotatable bonds is 4. The van der Waals surface area contributed by atoms with Gasteiger partial charge in [0.1, 0.15) is 5.69 Å². The van der Waals surface area contributed by atoms with E-state index >= 15 is 0 Å².